The average molecular weight is 438 g/mol. The van der Waals surface area contributed by atoms with Crippen molar-refractivity contribution in [2.45, 2.75) is 0 Å². The van der Waals surface area contributed by atoms with E-state index in [0.717, 1.165) is 0 Å². The number of hydrogen-bond donors (Lipinski definition) is 3. The van der Waals surface area contributed by atoms with Gasteiger partial charge in [0.2, 0.25) is 0 Å². The second kappa shape index (κ2) is 8.80. The molecule has 0 radical (unpaired) electrons. The van der Waals surface area contributed by atoms with E-state index >= 15 is 0 Å². The van der Waals surface area contributed by atoms with Crippen molar-refractivity contribution in [2.75, 3.05) is 0 Å². The molecule has 4 aromatic rings. The highest BCUT2D eigenvalue weighted by Crippen LogP contribution is 2.43. The van der Waals surface area contributed by atoms with Gasteiger partial charge in [-0.15, -0.1) is 0 Å². The molecular formula is C27H18O6. The summed E-state index contributed by atoms with van der Waals surface area (Å²) in [5.74, 6) is -3.40. The largest absolute Gasteiger partial charge is 0.478 e. The third-order valence-electron chi connectivity index (χ3n) is 5.39. The number of benzene rings is 4. The smallest absolute Gasteiger partial charge is 0.336 e. The maximum atomic E-state index is 12.1. The van der Waals surface area contributed by atoms with Crippen molar-refractivity contribution >= 4 is 17.9 Å². The van der Waals surface area contributed by atoms with Crippen molar-refractivity contribution in [2.24, 2.45) is 0 Å². The lowest BCUT2D eigenvalue weighted by atomic mass is 9.83. The van der Waals surface area contributed by atoms with Gasteiger partial charge in [0.05, 0.1) is 16.7 Å². The van der Waals surface area contributed by atoms with Crippen LogP contribution < -0.4 is 0 Å². The van der Waals surface area contributed by atoms with Crippen LogP contribution in [0.25, 0.3) is 33.4 Å². The Balaban J connectivity index is 2.17. The summed E-state index contributed by atoms with van der Waals surface area (Å²) in [6, 6.07) is 24.4. The molecule has 0 aromatic heterocycles. The minimum Gasteiger partial charge on any atom is -0.478 e. The number of carbonyl (C=O) groups is 3. The topological polar surface area (TPSA) is 112 Å². The Hall–Kier alpha value is -4.71. The Morgan fingerprint density at radius 1 is 0.394 bits per heavy atom. The van der Waals surface area contributed by atoms with Crippen LogP contribution in [0.3, 0.4) is 0 Å². The molecule has 0 amide bonds. The highest BCUT2D eigenvalue weighted by molar-refractivity contribution is 6.08. The highest BCUT2D eigenvalue weighted by atomic mass is 16.4. The minimum absolute atomic E-state index is 0.0202. The summed E-state index contributed by atoms with van der Waals surface area (Å²) >= 11 is 0. The first-order valence-electron chi connectivity index (χ1n) is 10.0. The number of carboxylic acids is 3. The van der Waals surface area contributed by atoms with Gasteiger partial charge in [-0.2, -0.15) is 0 Å². The van der Waals surface area contributed by atoms with Gasteiger partial charge < -0.3 is 15.3 Å². The van der Waals surface area contributed by atoms with Gasteiger partial charge in [-0.05, 0) is 51.6 Å². The summed E-state index contributed by atoms with van der Waals surface area (Å²) in [5, 5.41) is 29.4. The fraction of sp³-hybridized carbons (Fsp3) is 0. The first-order valence-corrected chi connectivity index (χ1v) is 10.0. The lowest BCUT2D eigenvalue weighted by Gasteiger charge is -2.19. The molecule has 0 heterocycles. The SMILES string of the molecule is O=C(O)c1ccccc1-c1cccc(-c2ccccc2C(=O)O)c1-c1ccccc1C(=O)O. The molecule has 0 spiro atoms. The maximum Gasteiger partial charge on any atom is 0.336 e. The third-order valence-corrected chi connectivity index (χ3v) is 5.39. The van der Waals surface area contributed by atoms with Gasteiger partial charge in [-0.1, -0.05) is 72.8 Å². The normalized spacial score (nSPS) is 10.5. The van der Waals surface area contributed by atoms with Gasteiger partial charge in [0, 0.05) is 0 Å². The Labute approximate surface area is 189 Å². The van der Waals surface area contributed by atoms with Crippen LogP contribution in [-0.4, -0.2) is 33.2 Å². The van der Waals surface area contributed by atoms with E-state index in [-0.39, 0.29) is 16.7 Å². The van der Waals surface area contributed by atoms with E-state index in [1.807, 2.05) is 0 Å². The van der Waals surface area contributed by atoms with Gasteiger partial charge in [-0.25, -0.2) is 14.4 Å². The lowest BCUT2D eigenvalue weighted by molar-refractivity contribution is 0.0686. The van der Waals surface area contributed by atoms with E-state index < -0.39 is 17.9 Å². The second-order valence-electron chi connectivity index (χ2n) is 7.28. The predicted octanol–water partition coefficient (Wildman–Crippen LogP) is 5.78. The van der Waals surface area contributed by atoms with Gasteiger partial charge in [0.25, 0.3) is 0 Å². The van der Waals surface area contributed by atoms with Gasteiger partial charge in [0.1, 0.15) is 0 Å². The fourth-order valence-electron chi connectivity index (χ4n) is 3.99. The summed E-state index contributed by atoms with van der Waals surface area (Å²) < 4.78 is 0. The maximum absolute atomic E-state index is 12.1. The number of carboxylic acid groups (broad SMARTS) is 3. The van der Waals surface area contributed by atoms with E-state index in [2.05, 4.69) is 0 Å². The van der Waals surface area contributed by atoms with Crippen molar-refractivity contribution in [1.82, 2.24) is 0 Å². The molecule has 0 aliphatic heterocycles. The van der Waals surface area contributed by atoms with Crippen LogP contribution in [0.2, 0.25) is 0 Å². The molecule has 3 N–H and O–H groups in total. The van der Waals surface area contributed by atoms with Crippen LogP contribution in [0.4, 0.5) is 0 Å². The van der Waals surface area contributed by atoms with Gasteiger partial charge in [0.15, 0.2) is 0 Å². The Kier molecular flexibility index (Phi) is 5.74. The first kappa shape index (κ1) is 21.5. The molecule has 0 aliphatic rings. The predicted molar refractivity (Wildman–Crippen MR) is 124 cm³/mol. The monoisotopic (exact) mass is 438 g/mol. The van der Waals surface area contributed by atoms with Crippen LogP contribution in [0.1, 0.15) is 31.1 Å². The number of hydrogen-bond acceptors (Lipinski definition) is 3. The van der Waals surface area contributed by atoms with Crippen LogP contribution >= 0.6 is 0 Å². The van der Waals surface area contributed by atoms with Gasteiger partial charge >= 0.3 is 17.9 Å². The molecule has 6 nitrogen and oxygen atoms in total. The number of rotatable bonds is 6. The molecule has 0 fully saturated rings. The second-order valence-corrected chi connectivity index (χ2v) is 7.28. The minimum atomic E-state index is -1.15. The molecule has 0 aliphatic carbocycles. The molecule has 162 valence electrons. The summed E-state index contributed by atoms with van der Waals surface area (Å²) in [4.78, 5) is 35.9. The van der Waals surface area contributed by atoms with Crippen molar-refractivity contribution in [3.05, 3.63) is 108 Å². The molecule has 4 aromatic carbocycles. The molecule has 0 atom stereocenters. The number of aromatic carboxylic acids is 3. The third kappa shape index (κ3) is 3.97. The fourth-order valence-corrected chi connectivity index (χ4v) is 3.99. The van der Waals surface area contributed by atoms with E-state index in [9.17, 15) is 29.7 Å². The zero-order valence-corrected chi connectivity index (χ0v) is 17.2. The molecular weight excluding hydrogens is 420 g/mol. The summed E-state index contributed by atoms with van der Waals surface area (Å²) in [5.41, 5.74) is 2.69. The first-order chi connectivity index (χ1) is 15.9. The average Bonchev–Trinajstić information content (AvgIpc) is 2.83. The molecule has 0 saturated carbocycles. The highest BCUT2D eigenvalue weighted by Gasteiger charge is 2.23. The molecule has 0 unspecified atom stereocenters. The summed E-state index contributed by atoms with van der Waals surface area (Å²) in [7, 11) is 0. The van der Waals surface area contributed by atoms with Crippen molar-refractivity contribution in [3.8, 4) is 33.4 Å². The zero-order chi connectivity index (χ0) is 23.5. The summed E-state index contributed by atoms with van der Waals surface area (Å²) in [6.45, 7) is 0. The van der Waals surface area contributed by atoms with E-state index in [4.69, 9.17) is 0 Å². The quantitative estimate of drug-likeness (QED) is 0.352. The summed E-state index contributed by atoms with van der Waals surface area (Å²) in [6.07, 6.45) is 0. The Morgan fingerprint density at radius 3 is 1.09 bits per heavy atom. The van der Waals surface area contributed by atoms with Crippen molar-refractivity contribution in [3.63, 3.8) is 0 Å². The molecule has 4 rings (SSSR count). The van der Waals surface area contributed by atoms with Crippen molar-refractivity contribution in [1.29, 1.82) is 0 Å². The molecule has 0 saturated heterocycles. The lowest BCUT2D eigenvalue weighted by Crippen LogP contribution is -2.05. The van der Waals surface area contributed by atoms with E-state index in [1.54, 1.807) is 72.8 Å². The standard InChI is InChI=1S/C27H18O6/c28-25(29)21-11-4-1-8-16(21)18-14-7-15-19(17-9-2-5-12-22(17)26(30)31)24(18)20-10-3-6-13-23(20)27(32)33/h1-15H,(H,28,29)(H,30,31)(H,32,33). The Bertz CT molecular complexity index is 1330. The molecule has 0 bridgehead atoms. The van der Waals surface area contributed by atoms with Crippen LogP contribution in [0.5, 0.6) is 0 Å². The van der Waals surface area contributed by atoms with Gasteiger partial charge in [-0.3, -0.25) is 0 Å². The van der Waals surface area contributed by atoms with Crippen LogP contribution in [0.15, 0.2) is 91.0 Å². The van der Waals surface area contributed by atoms with E-state index in [0.29, 0.717) is 33.4 Å². The van der Waals surface area contributed by atoms with E-state index in [1.165, 1.54) is 18.2 Å². The molecule has 33 heavy (non-hydrogen) atoms. The van der Waals surface area contributed by atoms with Crippen LogP contribution in [-0.2, 0) is 0 Å². The zero-order valence-electron chi connectivity index (χ0n) is 17.2. The van der Waals surface area contributed by atoms with Crippen LogP contribution in [0, 0.1) is 0 Å². The Morgan fingerprint density at radius 2 is 0.697 bits per heavy atom. The molecule has 6 heteroatoms. The van der Waals surface area contributed by atoms with Crippen molar-refractivity contribution < 1.29 is 29.7 Å².